The predicted molar refractivity (Wildman–Crippen MR) is 57.6 cm³/mol. The number of methoxy groups -OCH3 is 1. The third-order valence-corrected chi connectivity index (χ3v) is 2.43. The van der Waals surface area contributed by atoms with Gasteiger partial charge in [0.1, 0.15) is 5.82 Å². The molecule has 0 saturated carbocycles. The lowest BCUT2D eigenvalue weighted by Crippen LogP contribution is -2.25. The molecular weight excluding hydrogens is 224 g/mol. The van der Waals surface area contributed by atoms with Gasteiger partial charge in [0.25, 0.3) is 0 Å². The number of nitrogens with zero attached hydrogens (tertiary/aromatic N) is 2. The van der Waals surface area contributed by atoms with E-state index >= 15 is 0 Å². The highest BCUT2D eigenvalue weighted by Crippen LogP contribution is 2.18. The van der Waals surface area contributed by atoms with Crippen LogP contribution in [0.2, 0.25) is 0 Å². The van der Waals surface area contributed by atoms with Crippen LogP contribution in [0.1, 0.15) is 16.8 Å². The van der Waals surface area contributed by atoms with Crippen molar-refractivity contribution in [3.05, 3.63) is 23.9 Å². The summed E-state index contributed by atoms with van der Waals surface area (Å²) in [4.78, 5) is 39.1. The van der Waals surface area contributed by atoms with Gasteiger partial charge in [-0.15, -0.1) is 0 Å². The number of Topliss-reactive ketones (excluding diaryl/α,β-unsaturated/α-hetero) is 1. The van der Waals surface area contributed by atoms with Gasteiger partial charge in [0.15, 0.2) is 5.78 Å². The summed E-state index contributed by atoms with van der Waals surface area (Å²) in [7, 11) is 1.27. The topological polar surface area (TPSA) is 76.6 Å². The van der Waals surface area contributed by atoms with Crippen molar-refractivity contribution in [1.82, 2.24) is 4.98 Å². The van der Waals surface area contributed by atoms with Crippen molar-refractivity contribution in [1.29, 1.82) is 0 Å². The molecular formula is C11H10N2O4. The Labute approximate surface area is 97.2 Å². The molecule has 0 spiro atoms. The maximum absolute atomic E-state index is 11.5. The van der Waals surface area contributed by atoms with Gasteiger partial charge in [0.2, 0.25) is 5.91 Å². The quantitative estimate of drug-likeness (QED) is 0.538. The number of pyridine rings is 1. The van der Waals surface area contributed by atoms with Crippen molar-refractivity contribution in [2.24, 2.45) is 0 Å². The summed E-state index contributed by atoms with van der Waals surface area (Å²) in [6.45, 7) is 0.0104. The van der Waals surface area contributed by atoms with Crippen molar-refractivity contribution < 1.29 is 19.1 Å². The molecule has 1 aliphatic heterocycles. The van der Waals surface area contributed by atoms with E-state index in [9.17, 15) is 14.4 Å². The van der Waals surface area contributed by atoms with Crippen LogP contribution in [0.15, 0.2) is 18.3 Å². The predicted octanol–water partition coefficient (Wildman–Crippen LogP) is 0.174. The molecule has 6 heteroatoms. The molecule has 0 N–H and O–H groups in total. The minimum absolute atomic E-state index is 0.0104. The van der Waals surface area contributed by atoms with E-state index in [2.05, 4.69) is 9.72 Å². The zero-order valence-electron chi connectivity index (χ0n) is 9.17. The SMILES string of the molecule is COC(=O)c1ccnc(N2CC(=O)CC2=O)c1. The van der Waals surface area contributed by atoms with Crippen LogP contribution in [-0.4, -0.2) is 36.3 Å². The minimum atomic E-state index is -0.508. The molecule has 1 fully saturated rings. The number of ether oxygens (including phenoxy) is 1. The van der Waals surface area contributed by atoms with Crippen molar-refractivity contribution in [3.63, 3.8) is 0 Å². The summed E-state index contributed by atoms with van der Waals surface area (Å²) >= 11 is 0. The Hall–Kier alpha value is -2.24. The smallest absolute Gasteiger partial charge is 0.338 e. The maximum atomic E-state index is 11.5. The van der Waals surface area contributed by atoms with Gasteiger partial charge in [-0.25, -0.2) is 9.78 Å². The Balaban J connectivity index is 2.30. The molecule has 1 aliphatic rings. The van der Waals surface area contributed by atoms with Gasteiger partial charge >= 0.3 is 5.97 Å². The molecule has 0 radical (unpaired) electrons. The maximum Gasteiger partial charge on any atom is 0.338 e. The highest BCUT2D eigenvalue weighted by Gasteiger charge is 2.29. The van der Waals surface area contributed by atoms with Gasteiger partial charge in [-0.05, 0) is 12.1 Å². The fourth-order valence-corrected chi connectivity index (χ4v) is 1.60. The van der Waals surface area contributed by atoms with E-state index < -0.39 is 5.97 Å². The number of aromatic nitrogens is 1. The summed E-state index contributed by atoms with van der Waals surface area (Å²) < 4.78 is 4.56. The van der Waals surface area contributed by atoms with E-state index in [1.54, 1.807) is 0 Å². The number of esters is 1. The lowest BCUT2D eigenvalue weighted by Gasteiger charge is -2.13. The normalized spacial score (nSPS) is 15.2. The summed E-state index contributed by atoms with van der Waals surface area (Å²) in [6, 6.07) is 2.92. The first-order valence-corrected chi connectivity index (χ1v) is 4.98. The summed E-state index contributed by atoms with van der Waals surface area (Å²) in [5.41, 5.74) is 0.296. The molecule has 0 unspecified atom stereocenters. The van der Waals surface area contributed by atoms with Crippen LogP contribution in [-0.2, 0) is 14.3 Å². The zero-order valence-corrected chi connectivity index (χ0v) is 9.17. The van der Waals surface area contributed by atoms with Crippen LogP contribution < -0.4 is 4.90 Å². The summed E-state index contributed by atoms with van der Waals surface area (Å²) in [5, 5.41) is 0. The number of hydrogen-bond acceptors (Lipinski definition) is 5. The van der Waals surface area contributed by atoms with E-state index in [4.69, 9.17) is 0 Å². The van der Waals surface area contributed by atoms with Crippen LogP contribution in [0, 0.1) is 0 Å². The van der Waals surface area contributed by atoms with Crippen LogP contribution in [0.25, 0.3) is 0 Å². The first-order chi connectivity index (χ1) is 8.11. The van der Waals surface area contributed by atoms with Gasteiger partial charge in [-0.1, -0.05) is 0 Å². The monoisotopic (exact) mass is 234 g/mol. The molecule has 0 atom stereocenters. The number of carbonyl (C=O) groups excluding carboxylic acids is 3. The second kappa shape index (κ2) is 4.32. The van der Waals surface area contributed by atoms with E-state index in [-0.39, 0.29) is 24.7 Å². The molecule has 1 amide bonds. The lowest BCUT2D eigenvalue weighted by molar-refractivity contribution is -0.121. The highest BCUT2D eigenvalue weighted by molar-refractivity contribution is 6.14. The van der Waals surface area contributed by atoms with Gasteiger partial charge in [0, 0.05) is 6.20 Å². The van der Waals surface area contributed by atoms with Crippen LogP contribution in [0.3, 0.4) is 0 Å². The molecule has 1 aromatic rings. The molecule has 2 rings (SSSR count). The third kappa shape index (κ3) is 2.15. The number of hydrogen-bond donors (Lipinski definition) is 0. The van der Waals surface area contributed by atoms with Crippen molar-refractivity contribution in [2.45, 2.75) is 6.42 Å². The van der Waals surface area contributed by atoms with E-state index in [0.29, 0.717) is 11.4 Å². The van der Waals surface area contributed by atoms with Gasteiger partial charge in [-0.3, -0.25) is 14.5 Å². The van der Waals surface area contributed by atoms with E-state index in [1.165, 1.54) is 30.3 Å². The Bertz CT molecular complexity index is 498. The molecule has 1 saturated heterocycles. The van der Waals surface area contributed by atoms with Crippen molar-refractivity contribution in [2.75, 3.05) is 18.6 Å². The highest BCUT2D eigenvalue weighted by atomic mass is 16.5. The molecule has 0 bridgehead atoms. The zero-order chi connectivity index (χ0) is 12.4. The van der Waals surface area contributed by atoms with Crippen molar-refractivity contribution in [3.8, 4) is 0 Å². The van der Waals surface area contributed by atoms with Crippen LogP contribution in [0.5, 0.6) is 0 Å². The van der Waals surface area contributed by atoms with E-state index in [0.717, 1.165) is 0 Å². The van der Waals surface area contributed by atoms with Crippen LogP contribution >= 0.6 is 0 Å². The van der Waals surface area contributed by atoms with Crippen molar-refractivity contribution >= 4 is 23.5 Å². The van der Waals surface area contributed by atoms with Gasteiger partial charge in [0.05, 0.1) is 25.6 Å². The lowest BCUT2D eigenvalue weighted by atomic mass is 10.2. The largest absolute Gasteiger partial charge is 0.465 e. The van der Waals surface area contributed by atoms with Crippen LogP contribution in [0.4, 0.5) is 5.82 Å². The standard InChI is InChI=1S/C11H10N2O4/c1-17-11(16)7-2-3-12-9(4-7)13-6-8(14)5-10(13)15/h2-4H,5-6H2,1H3. The number of carbonyl (C=O) groups is 3. The fraction of sp³-hybridized carbons (Fsp3) is 0.273. The number of rotatable bonds is 2. The third-order valence-electron chi connectivity index (χ3n) is 2.43. The molecule has 6 nitrogen and oxygen atoms in total. The average Bonchev–Trinajstić information content (AvgIpc) is 2.67. The molecule has 0 aromatic carbocycles. The molecule has 0 aliphatic carbocycles. The van der Waals surface area contributed by atoms with Gasteiger partial charge < -0.3 is 4.74 Å². The fourth-order valence-electron chi connectivity index (χ4n) is 1.60. The first-order valence-electron chi connectivity index (χ1n) is 4.98. The Morgan fingerprint density at radius 1 is 1.47 bits per heavy atom. The Kier molecular flexibility index (Phi) is 2.86. The summed E-state index contributed by atoms with van der Waals surface area (Å²) in [5.74, 6) is -0.667. The molecule has 2 heterocycles. The summed E-state index contributed by atoms with van der Waals surface area (Å²) in [6.07, 6.45) is 1.29. The molecule has 88 valence electrons. The minimum Gasteiger partial charge on any atom is -0.465 e. The van der Waals surface area contributed by atoms with Gasteiger partial charge in [-0.2, -0.15) is 0 Å². The molecule has 17 heavy (non-hydrogen) atoms. The number of ketones is 1. The second-order valence-corrected chi connectivity index (χ2v) is 3.59. The first kappa shape index (κ1) is 11.3. The second-order valence-electron chi connectivity index (χ2n) is 3.59. The number of anilines is 1. The Morgan fingerprint density at radius 2 is 2.24 bits per heavy atom. The number of amides is 1. The molecule has 1 aromatic heterocycles. The average molecular weight is 234 g/mol. The Morgan fingerprint density at radius 3 is 2.82 bits per heavy atom. The van der Waals surface area contributed by atoms with E-state index in [1.807, 2.05) is 0 Å².